The van der Waals surface area contributed by atoms with Gasteiger partial charge in [-0.05, 0) is 0 Å². The van der Waals surface area contributed by atoms with Crippen molar-refractivity contribution in [1.82, 2.24) is 0 Å². The molecule has 29 heavy (non-hydrogen) atoms. The van der Waals surface area contributed by atoms with Gasteiger partial charge >= 0.3 is 26.2 Å². The molecule has 4 rings (SSSR count). The van der Waals surface area contributed by atoms with Gasteiger partial charge in [0.05, 0.1) is 0 Å². The zero-order chi connectivity index (χ0) is 20.8. The molecule has 148 valence electrons. The van der Waals surface area contributed by atoms with Crippen molar-refractivity contribution in [1.29, 1.82) is 0 Å². The van der Waals surface area contributed by atoms with E-state index in [9.17, 15) is 0 Å². The number of benzene rings is 2. The summed E-state index contributed by atoms with van der Waals surface area (Å²) in [5.74, 6) is 0. The van der Waals surface area contributed by atoms with Crippen LogP contribution in [0.2, 0.25) is 0 Å². The third kappa shape index (κ3) is 14.6. The van der Waals surface area contributed by atoms with Crippen molar-refractivity contribution in [2.24, 2.45) is 0 Å². The van der Waals surface area contributed by atoms with Crippen LogP contribution in [0.4, 0.5) is 0 Å². The van der Waals surface area contributed by atoms with E-state index in [-0.39, 0.29) is 26.2 Å². The van der Waals surface area contributed by atoms with Crippen molar-refractivity contribution in [3.05, 3.63) is 132 Å². The Morgan fingerprint density at radius 2 is 0.897 bits per heavy atom. The van der Waals surface area contributed by atoms with Crippen molar-refractivity contribution in [3.63, 3.8) is 0 Å². The van der Waals surface area contributed by atoms with Crippen LogP contribution in [-0.2, 0) is 26.2 Å². The molecule has 0 spiro atoms. The number of rotatable bonds is 0. The van der Waals surface area contributed by atoms with Crippen LogP contribution < -0.4 is 0 Å². The molecule has 0 radical (unpaired) electrons. The first kappa shape index (κ1) is 27.0. The van der Waals surface area contributed by atoms with Crippen LogP contribution in [0.1, 0.15) is 51.7 Å². The van der Waals surface area contributed by atoms with Crippen LogP contribution in [0.15, 0.2) is 95.1 Å². The zero-order valence-electron chi connectivity index (χ0n) is 18.3. The van der Waals surface area contributed by atoms with E-state index in [2.05, 4.69) is 65.8 Å². The number of hydrogen-bond donors (Lipinski definition) is 0. The maximum absolute atomic E-state index is 3.72. The minimum Gasteiger partial charge on any atom is -0.250 e. The second-order valence-corrected chi connectivity index (χ2v) is 6.96. The largest absolute Gasteiger partial charge is 4.00 e. The van der Waals surface area contributed by atoms with Gasteiger partial charge in [-0.2, -0.15) is 60.4 Å². The minimum atomic E-state index is 0. The van der Waals surface area contributed by atoms with Gasteiger partial charge in [-0.15, -0.1) is 24.3 Å². The fourth-order valence-electron chi connectivity index (χ4n) is 2.45. The molecule has 0 aliphatic heterocycles. The molecule has 0 unspecified atom stereocenters. The first-order valence-corrected chi connectivity index (χ1v) is 9.63. The smallest absolute Gasteiger partial charge is 0.250 e. The van der Waals surface area contributed by atoms with Gasteiger partial charge < -0.3 is 0 Å². The maximum Gasteiger partial charge on any atom is 4.00 e. The van der Waals surface area contributed by atoms with E-state index in [4.69, 9.17) is 0 Å². The molecule has 2 aromatic carbocycles. The van der Waals surface area contributed by atoms with Crippen molar-refractivity contribution < 1.29 is 26.2 Å². The van der Waals surface area contributed by atoms with E-state index in [1.165, 1.54) is 22.3 Å². The molecule has 0 N–H and O–H groups in total. The van der Waals surface area contributed by atoms with Crippen LogP contribution in [0.3, 0.4) is 0 Å². The van der Waals surface area contributed by atoms with Crippen molar-refractivity contribution in [2.75, 3.05) is 0 Å². The van der Waals surface area contributed by atoms with Crippen LogP contribution in [-0.4, -0.2) is 0 Å². The molecule has 0 fully saturated rings. The van der Waals surface area contributed by atoms with Crippen molar-refractivity contribution >= 4 is 0 Å². The van der Waals surface area contributed by atoms with Crippen molar-refractivity contribution in [2.45, 2.75) is 40.5 Å². The van der Waals surface area contributed by atoms with Gasteiger partial charge in [0.2, 0.25) is 0 Å². The molecule has 0 aromatic heterocycles. The third-order valence-electron chi connectivity index (χ3n) is 3.94. The Morgan fingerprint density at radius 3 is 1.00 bits per heavy atom. The zero-order valence-corrected chi connectivity index (χ0v) is 20.7. The predicted molar refractivity (Wildman–Crippen MR) is 123 cm³/mol. The minimum absolute atomic E-state index is 0. The molecule has 0 atom stereocenters. The summed E-state index contributed by atoms with van der Waals surface area (Å²) in [6.45, 7) is 15.8. The van der Waals surface area contributed by atoms with Gasteiger partial charge in [0.15, 0.2) is 0 Å². The average molecular weight is 460 g/mol. The van der Waals surface area contributed by atoms with Gasteiger partial charge in [0, 0.05) is 0 Å². The average Bonchev–Trinajstić information content (AvgIpc) is 3.24. The fourth-order valence-corrected chi connectivity index (χ4v) is 2.45. The molecular weight excluding hydrogens is 428 g/mol. The van der Waals surface area contributed by atoms with E-state index in [0.29, 0.717) is 0 Å². The summed E-state index contributed by atoms with van der Waals surface area (Å²) >= 11 is 0. The Hall–Kier alpha value is -1.98. The second-order valence-electron chi connectivity index (χ2n) is 6.96. The van der Waals surface area contributed by atoms with E-state index in [0.717, 1.165) is 24.0 Å². The summed E-state index contributed by atoms with van der Waals surface area (Å²) < 4.78 is 0. The fraction of sp³-hybridized carbons (Fsp3) is 0.214. The van der Waals surface area contributed by atoms with Crippen LogP contribution in [0.25, 0.3) is 0 Å². The van der Waals surface area contributed by atoms with E-state index in [1.54, 1.807) is 0 Å². The summed E-state index contributed by atoms with van der Waals surface area (Å²) in [6.07, 6.45) is 13.0. The Kier molecular flexibility index (Phi) is 14.8. The van der Waals surface area contributed by atoms with Gasteiger partial charge in [-0.1, -0.05) is 52.7 Å². The first-order valence-electron chi connectivity index (χ1n) is 9.63. The molecule has 2 aromatic rings. The van der Waals surface area contributed by atoms with Crippen LogP contribution >= 0.6 is 0 Å². The topological polar surface area (TPSA) is 0 Å². The van der Waals surface area contributed by atoms with Crippen molar-refractivity contribution in [3.8, 4) is 0 Å². The summed E-state index contributed by atoms with van der Waals surface area (Å²) in [5.41, 5.74) is 7.44. The molecule has 0 nitrogen and oxygen atoms in total. The normalized spacial score (nSPS) is 13.4. The second kappa shape index (κ2) is 15.9. The van der Waals surface area contributed by atoms with E-state index >= 15 is 0 Å². The Bertz CT molecular complexity index is 734. The standard InChI is InChI=1S/2C7H9.2C7H7.Zr/c2*1-6-3-4-7(2)5-6;2*1-7-5-3-2-4-6-7;/h2*3H,4H2,1-2H3;2*2-6H,1H2;/q4*-1;+4. The van der Waals surface area contributed by atoms with Gasteiger partial charge in [0.25, 0.3) is 0 Å². The third-order valence-corrected chi connectivity index (χ3v) is 3.94. The first-order chi connectivity index (χ1) is 13.4. The van der Waals surface area contributed by atoms with Gasteiger partial charge in [0.1, 0.15) is 0 Å². The summed E-state index contributed by atoms with van der Waals surface area (Å²) in [6, 6.07) is 19.7. The molecule has 2 aliphatic carbocycles. The molecule has 0 saturated heterocycles. The van der Waals surface area contributed by atoms with Gasteiger partial charge in [-0.3, -0.25) is 12.2 Å². The van der Waals surface area contributed by atoms with E-state index in [1.807, 2.05) is 60.7 Å². The molecule has 0 heterocycles. The van der Waals surface area contributed by atoms with E-state index < -0.39 is 0 Å². The molecule has 0 bridgehead atoms. The van der Waals surface area contributed by atoms with Gasteiger partial charge in [-0.25, -0.2) is 23.3 Å². The SMILES string of the molecule is CC1=[C-]C(C)=CC1.CC1=[C-]C(C)=CC1.[CH2-]c1ccccc1.[CH2-]c1ccccc1.[Zr+4]. The molecule has 2 aliphatic rings. The Balaban J connectivity index is 0.000000356. The molecule has 0 amide bonds. The molecule has 0 saturated carbocycles. The summed E-state index contributed by atoms with van der Waals surface area (Å²) in [4.78, 5) is 0. The monoisotopic (exact) mass is 458 g/mol. The Morgan fingerprint density at radius 1 is 0.586 bits per heavy atom. The predicted octanol–water partition coefficient (Wildman–Crippen LogP) is 7.91. The molecular formula is C28H32Zr. The maximum atomic E-state index is 3.72. The molecule has 1 heteroatoms. The van der Waals surface area contributed by atoms with Crippen LogP contribution in [0.5, 0.6) is 0 Å². The quantitative estimate of drug-likeness (QED) is 0.351. The van der Waals surface area contributed by atoms with Crippen LogP contribution in [0, 0.1) is 26.0 Å². The summed E-state index contributed by atoms with van der Waals surface area (Å²) in [5, 5.41) is 0. The number of hydrogen-bond acceptors (Lipinski definition) is 0. The number of allylic oxidation sites excluding steroid dienone is 8. The Labute approximate surface area is 198 Å². The summed E-state index contributed by atoms with van der Waals surface area (Å²) in [7, 11) is 0.